The number of para-hydroxylation sites is 1. The highest BCUT2D eigenvalue weighted by Crippen LogP contribution is 2.41. The van der Waals surface area contributed by atoms with E-state index in [4.69, 9.17) is 23.5 Å². The highest BCUT2D eigenvalue weighted by atomic mass is 32.1. The minimum absolute atomic E-state index is 0.159. The Labute approximate surface area is 222 Å². The van der Waals surface area contributed by atoms with E-state index in [9.17, 15) is 4.79 Å². The van der Waals surface area contributed by atoms with Gasteiger partial charge in [-0.2, -0.15) is 0 Å². The Bertz CT molecular complexity index is 1550. The summed E-state index contributed by atoms with van der Waals surface area (Å²) in [6, 6.07) is 18.8. The monoisotopic (exact) mass is 531 g/mol. The molecule has 1 amide bonds. The summed E-state index contributed by atoms with van der Waals surface area (Å²) in [6.07, 6.45) is 0. The maximum absolute atomic E-state index is 12.5. The summed E-state index contributed by atoms with van der Waals surface area (Å²) in [5, 5.41) is 7.56. The molecule has 10 heteroatoms. The molecule has 0 atom stereocenters. The predicted molar refractivity (Wildman–Crippen MR) is 146 cm³/mol. The zero-order valence-electron chi connectivity index (χ0n) is 21.2. The van der Waals surface area contributed by atoms with E-state index in [0.29, 0.717) is 39.6 Å². The molecule has 0 aliphatic rings. The molecule has 0 radical (unpaired) electrons. The number of thiazole rings is 1. The summed E-state index contributed by atoms with van der Waals surface area (Å²) in [5.74, 6) is 2.33. The van der Waals surface area contributed by atoms with Gasteiger partial charge in [-0.3, -0.25) is 10.1 Å². The number of ether oxygens (including phenoxy) is 4. The van der Waals surface area contributed by atoms with E-state index in [1.807, 2.05) is 55.5 Å². The molecule has 0 aliphatic heterocycles. The molecule has 38 heavy (non-hydrogen) atoms. The summed E-state index contributed by atoms with van der Waals surface area (Å²) in [6.45, 7) is 1.75. The van der Waals surface area contributed by atoms with Crippen molar-refractivity contribution in [2.24, 2.45) is 0 Å². The molecule has 0 fully saturated rings. The topological polar surface area (TPSA) is 105 Å². The third-order valence-corrected chi connectivity index (χ3v) is 6.79. The second kappa shape index (κ2) is 10.8. The quantitative estimate of drug-likeness (QED) is 0.248. The van der Waals surface area contributed by atoms with E-state index >= 15 is 0 Å². The van der Waals surface area contributed by atoms with E-state index in [0.717, 1.165) is 26.9 Å². The van der Waals surface area contributed by atoms with Gasteiger partial charge in [-0.1, -0.05) is 40.8 Å². The van der Waals surface area contributed by atoms with Gasteiger partial charge < -0.3 is 23.5 Å². The van der Waals surface area contributed by atoms with Crippen molar-refractivity contribution < 1.29 is 28.3 Å². The number of hydrogen-bond donors (Lipinski definition) is 1. The van der Waals surface area contributed by atoms with Crippen LogP contribution in [0.2, 0.25) is 0 Å². The van der Waals surface area contributed by atoms with Crippen LogP contribution >= 0.6 is 11.3 Å². The van der Waals surface area contributed by atoms with E-state index in [2.05, 4.69) is 15.5 Å². The molecule has 0 saturated carbocycles. The normalized spacial score (nSPS) is 10.8. The SMILES string of the molecule is COc1cc(-c2cc(-c3ccc(C)c(OCC(=O)Nc4nc5ccccc5s4)c3)on2)cc(OC)c1OC. The smallest absolute Gasteiger partial charge is 0.264 e. The Hall–Kier alpha value is -4.57. The zero-order valence-corrected chi connectivity index (χ0v) is 22.0. The predicted octanol–water partition coefficient (Wildman–Crippen LogP) is 5.97. The first-order chi connectivity index (χ1) is 18.5. The van der Waals surface area contributed by atoms with Crippen LogP contribution in [0.4, 0.5) is 5.13 Å². The van der Waals surface area contributed by atoms with Crippen molar-refractivity contribution in [3.8, 4) is 45.6 Å². The summed E-state index contributed by atoms with van der Waals surface area (Å²) < 4.78 is 28.8. The van der Waals surface area contributed by atoms with Gasteiger partial charge >= 0.3 is 0 Å². The van der Waals surface area contributed by atoms with Crippen LogP contribution in [0.5, 0.6) is 23.0 Å². The lowest BCUT2D eigenvalue weighted by Gasteiger charge is -2.13. The Morgan fingerprint density at radius 2 is 1.66 bits per heavy atom. The fourth-order valence-corrected chi connectivity index (χ4v) is 4.79. The number of anilines is 1. The van der Waals surface area contributed by atoms with Gasteiger partial charge in [0.2, 0.25) is 5.75 Å². The fourth-order valence-electron chi connectivity index (χ4n) is 3.91. The molecule has 0 aliphatic carbocycles. The van der Waals surface area contributed by atoms with Crippen molar-refractivity contribution in [3.05, 3.63) is 66.2 Å². The number of nitrogens with zero attached hydrogens (tertiary/aromatic N) is 2. The molecule has 5 rings (SSSR count). The van der Waals surface area contributed by atoms with Crippen LogP contribution in [0.25, 0.3) is 32.8 Å². The number of hydrogen-bond acceptors (Lipinski definition) is 9. The number of carbonyl (C=O) groups is 1. The van der Waals surface area contributed by atoms with Gasteiger partial charge in [0.1, 0.15) is 11.4 Å². The second-order valence-corrected chi connectivity index (χ2v) is 9.32. The van der Waals surface area contributed by atoms with Crippen LogP contribution in [0.3, 0.4) is 0 Å². The first-order valence-corrected chi connectivity index (χ1v) is 12.5. The molecule has 9 nitrogen and oxygen atoms in total. The van der Waals surface area contributed by atoms with Gasteiger partial charge in [0.05, 0.1) is 31.5 Å². The zero-order chi connectivity index (χ0) is 26.6. The van der Waals surface area contributed by atoms with Gasteiger partial charge in [-0.25, -0.2) is 4.98 Å². The number of aromatic nitrogens is 2. The Morgan fingerprint density at radius 3 is 2.37 bits per heavy atom. The molecule has 1 N–H and O–H groups in total. The van der Waals surface area contributed by atoms with E-state index in [1.54, 1.807) is 33.5 Å². The lowest BCUT2D eigenvalue weighted by atomic mass is 10.1. The number of amides is 1. The Morgan fingerprint density at radius 1 is 0.921 bits per heavy atom. The van der Waals surface area contributed by atoms with Gasteiger partial charge in [0.15, 0.2) is 29.0 Å². The number of carbonyl (C=O) groups excluding carboxylic acids is 1. The first-order valence-electron chi connectivity index (χ1n) is 11.7. The van der Waals surface area contributed by atoms with E-state index < -0.39 is 0 Å². The fraction of sp³-hybridized carbons (Fsp3) is 0.179. The highest BCUT2D eigenvalue weighted by molar-refractivity contribution is 7.22. The van der Waals surface area contributed by atoms with Gasteiger partial charge in [0, 0.05) is 17.2 Å². The molecule has 5 aromatic rings. The number of nitrogens with one attached hydrogen (secondary N) is 1. The molecule has 194 valence electrons. The van der Waals surface area contributed by atoms with Crippen molar-refractivity contribution in [3.63, 3.8) is 0 Å². The summed E-state index contributed by atoms with van der Waals surface area (Å²) in [4.78, 5) is 16.9. The van der Waals surface area contributed by atoms with Crippen molar-refractivity contribution >= 4 is 32.6 Å². The minimum Gasteiger partial charge on any atom is -0.493 e. The number of benzene rings is 3. The van der Waals surface area contributed by atoms with Crippen molar-refractivity contribution in [1.29, 1.82) is 0 Å². The summed E-state index contributed by atoms with van der Waals surface area (Å²) in [7, 11) is 4.67. The lowest BCUT2D eigenvalue weighted by molar-refractivity contribution is -0.118. The first kappa shape index (κ1) is 25.1. The minimum atomic E-state index is -0.293. The number of rotatable bonds is 9. The maximum Gasteiger partial charge on any atom is 0.264 e. The van der Waals surface area contributed by atoms with Crippen LogP contribution < -0.4 is 24.3 Å². The largest absolute Gasteiger partial charge is 0.493 e. The van der Waals surface area contributed by atoms with E-state index in [1.165, 1.54) is 11.3 Å². The molecule has 0 saturated heterocycles. The van der Waals surface area contributed by atoms with Gasteiger partial charge in [-0.05, 0) is 42.8 Å². The van der Waals surface area contributed by atoms with Crippen LogP contribution in [0, 0.1) is 6.92 Å². The molecule has 0 spiro atoms. The summed E-state index contributed by atoms with van der Waals surface area (Å²) >= 11 is 1.42. The van der Waals surface area contributed by atoms with Crippen molar-refractivity contribution in [1.82, 2.24) is 10.1 Å². The lowest BCUT2D eigenvalue weighted by Crippen LogP contribution is -2.20. The van der Waals surface area contributed by atoms with Crippen LogP contribution in [0.15, 0.2) is 65.2 Å². The Balaban J connectivity index is 1.31. The summed E-state index contributed by atoms with van der Waals surface area (Å²) in [5.41, 5.74) is 3.81. The molecule has 2 aromatic heterocycles. The van der Waals surface area contributed by atoms with Crippen molar-refractivity contribution in [2.45, 2.75) is 6.92 Å². The standard InChI is InChI=1S/C28H25N3O6S/c1-16-9-10-17(11-21(16)36-15-26(32)30-28-29-19-7-5-6-8-25(19)38-28)22-14-20(31-37-22)18-12-23(33-2)27(35-4)24(13-18)34-3/h5-14H,15H2,1-4H3,(H,29,30,32). The number of methoxy groups -OCH3 is 3. The van der Waals surface area contributed by atoms with Crippen LogP contribution in [-0.4, -0.2) is 44.0 Å². The van der Waals surface area contributed by atoms with Crippen molar-refractivity contribution in [2.75, 3.05) is 33.3 Å². The third-order valence-electron chi connectivity index (χ3n) is 5.84. The van der Waals surface area contributed by atoms with Crippen LogP contribution in [0.1, 0.15) is 5.56 Å². The third kappa shape index (κ3) is 5.12. The second-order valence-electron chi connectivity index (χ2n) is 8.29. The molecule has 0 bridgehead atoms. The average Bonchev–Trinajstić information content (AvgIpc) is 3.59. The van der Waals surface area contributed by atoms with Crippen LogP contribution in [-0.2, 0) is 4.79 Å². The van der Waals surface area contributed by atoms with E-state index in [-0.39, 0.29) is 12.5 Å². The number of aryl methyl sites for hydroxylation is 1. The highest BCUT2D eigenvalue weighted by Gasteiger charge is 2.18. The maximum atomic E-state index is 12.5. The molecule has 2 heterocycles. The molecule has 0 unspecified atom stereocenters. The molecular weight excluding hydrogens is 506 g/mol. The Kier molecular flexibility index (Phi) is 7.14. The van der Waals surface area contributed by atoms with Gasteiger partial charge in [-0.15, -0.1) is 0 Å². The molecular formula is C28H25N3O6S. The average molecular weight is 532 g/mol. The number of fused-ring (bicyclic) bond motifs is 1. The molecule has 3 aromatic carbocycles. The van der Waals surface area contributed by atoms with Gasteiger partial charge in [0.25, 0.3) is 5.91 Å².